The highest BCUT2D eigenvalue weighted by molar-refractivity contribution is 9.11. The molecule has 0 spiro atoms. The predicted octanol–water partition coefficient (Wildman–Crippen LogP) is 2.77. The van der Waals surface area contributed by atoms with Crippen molar-refractivity contribution in [2.75, 3.05) is 19.6 Å². The van der Waals surface area contributed by atoms with Crippen LogP contribution in [0.25, 0.3) is 0 Å². The summed E-state index contributed by atoms with van der Waals surface area (Å²) in [5.41, 5.74) is 0. The van der Waals surface area contributed by atoms with Gasteiger partial charge in [-0.05, 0) is 19.4 Å². The van der Waals surface area contributed by atoms with Crippen molar-refractivity contribution in [2.45, 2.75) is 26.2 Å². The number of hydrogen-bond acceptors (Lipinski definition) is 1. The summed E-state index contributed by atoms with van der Waals surface area (Å²) in [4.78, 5) is 2.51. The van der Waals surface area contributed by atoms with E-state index in [0.717, 1.165) is 6.54 Å². The molecule has 0 saturated heterocycles. The summed E-state index contributed by atoms with van der Waals surface area (Å²) in [7, 11) is 0. The summed E-state index contributed by atoms with van der Waals surface area (Å²) in [6.45, 7) is 5.88. The van der Waals surface area contributed by atoms with Gasteiger partial charge in [0, 0.05) is 17.6 Å². The molecule has 0 fully saturated rings. The quantitative estimate of drug-likeness (QED) is 0.704. The number of rotatable bonds is 3. The van der Waals surface area contributed by atoms with Crippen LogP contribution in [-0.4, -0.2) is 24.5 Å². The van der Waals surface area contributed by atoms with E-state index >= 15 is 0 Å². The van der Waals surface area contributed by atoms with Crippen molar-refractivity contribution < 1.29 is 0 Å². The minimum atomic E-state index is 1.12. The van der Waals surface area contributed by atoms with E-state index in [2.05, 4.69) is 33.8 Å². The average Bonchev–Trinajstić information content (AvgIpc) is 2.01. The molecule has 0 aromatic heterocycles. The van der Waals surface area contributed by atoms with Crippen LogP contribution in [0.3, 0.4) is 0 Å². The van der Waals surface area contributed by atoms with Crippen LogP contribution < -0.4 is 0 Å². The average molecular weight is 218 g/mol. The molecule has 0 amide bonds. The Morgan fingerprint density at radius 3 is 3.09 bits per heavy atom. The van der Waals surface area contributed by atoms with Gasteiger partial charge in [0.15, 0.2) is 0 Å². The van der Waals surface area contributed by atoms with Crippen LogP contribution >= 0.6 is 15.9 Å². The second kappa shape index (κ2) is 4.94. The van der Waals surface area contributed by atoms with E-state index in [1.807, 2.05) is 0 Å². The van der Waals surface area contributed by atoms with E-state index in [-0.39, 0.29) is 0 Å². The maximum absolute atomic E-state index is 3.54. The molecular formula is C9H16BrN. The Morgan fingerprint density at radius 2 is 2.45 bits per heavy atom. The second-order valence-electron chi connectivity index (χ2n) is 3.07. The van der Waals surface area contributed by atoms with E-state index in [4.69, 9.17) is 0 Å². The molecule has 1 aliphatic rings. The minimum absolute atomic E-state index is 1.12. The molecule has 0 radical (unpaired) electrons. The van der Waals surface area contributed by atoms with Gasteiger partial charge in [0.1, 0.15) is 0 Å². The van der Waals surface area contributed by atoms with E-state index < -0.39 is 0 Å². The summed E-state index contributed by atoms with van der Waals surface area (Å²) < 4.78 is 1.36. The lowest BCUT2D eigenvalue weighted by Crippen LogP contribution is -2.29. The van der Waals surface area contributed by atoms with Crippen molar-refractivity contribution in [3.63, 3.8) is 0 Å². The molecule has 1 aliphatic heterocycles. The van der Waals surface area contributed by atoms with E-state index in [1.54, 1.807) is 0 Å². The lowest BCUT2D eigenvalue weighted by molar-refractivity contribution is 0.292. The third-order valence-electron chi connectivity index (χ3n) is 2.01. The highest BCUT2D eigenvalue weighted by Crippen LogP contribution is 2.14. The van der Waals surface area contributed by atoms with Gasteiger partial charge in [0.2, 0.25) is 0 Å². The zero-order valence-electron chi connectivity index (χ0n) is 7.15. The largest absolute Gasteiger partial charge is 0.298 e. The fraction of sp³-hybridized carbons (Fsp3) is 0.778. The van der Waals surface area contributed by atoms with Crippen molar-refractivity contribution in [1.29, 1.82) is 0 Å². The predicted molar refractivity (Wildman–Crippen MR) is 53.0 cm³/mol. The first-order valence-electron chi connectivity index (χ1n) is 4.40. The van der Waals surface area contributed by atoms with Crippen LogP contribution in [0, 0.1) is 0 Å². The third kappa shape index (κ3) is 3.39. The number of nitrogens with zero attached hydrogens (tertiary/aromatic N) is 1. The number of hydrogen-bond donors (Lipinski definition) is 0. The molecule has 1 heterocycles. The van der Waals surface area contributed by atoms with Crippen LogP contribution in [-0.2, 0) is 0 Å². The van der Waals surface area contributed by atoms with Crippen molar-refractivity contribution >= 4 is 15.9 Å². The van der Waals surface area contributed by atoms with Gasteiger partial charge in [-0.2, -0.15) is 0 Å². The highest BCUT2D eigenvalue weighted by Gasteiger charge is 2.08. The van der Waals surface area contributed by atoms with Crippen molar-refractivity contribution in [1.82, 2.24) is 4.90 Å². The number of unbranched alkanes of at least 4 members (excludes halogenated alkanes) is 1. The fourth-order valence-corrected chi connectivity index (χ4v) is 1.92. The fourth-order valence-electron chi connectivity index (χ4n) is 1.33. The van der Waals surface area contributed by atoms with Crippen LogP contribution in [0.15, 0.2) is 10.6 Å². The molecular weight excluding hydrogens is 202 g/mol. The smallest absolute Gasteiger partial charge is 0.0296 e. The summed E-state index contributed by atoms with van der Waals surface area (Å²) in [6, 6.07) is 0. The first kappa shape index (κ1) is 9.27. The Bertz CT molecular complexity index is 142. The van der Waals surface area contributed by atoms with Gasteiger partial charge in [-0.15, -0.1) is 0 Å². The standard InChI is InChI=1S/C9H16BrN/c1-2-3-6-11-7-4-5-9(10)8-11/h5H,2-4,6-8H2,1H3. The highest BCUT2D eigenvalue weighted by atomic mass is 79.9. The molecule has 0 aliphatic carbocycles. The van der Waals surface area contributed by atoms with E-state index in [0.29, 0.717) is 0 Å². The minimum Gasteiger partial charge on any atom is -0.298 e. The molecule has 1 nitrogen and oxygen atoms in total. The Kier molecular flexibility index (Phi) is 4.16. The molecule has 0 aromatic carbocycles. The van der Waals surface area contributed by atoms with Gasteiger partial charge in [-0.25, -0.2) is 0 Å². The van der Waals surface area contributed by atoms with Crippen LogP contribution in [0.1, 0.15) is 26.2 Å². The molecule has 0 atom stereocenters. The van der Waals surface area contributed by atoms with E-state index in [9.17, 15) is 0 Å². The lowest BCUT2D eigenvalue weighted by Gasteiger charge is -2.24. The molecule has 0 aromatic rings. The summed E-state index contributed by atoms with van der Waals surface area (Å²) >= 11 is 3.54. The van der Waals surface area contributed by atoms with E-state index in [1.165, 1.54) is 36.8 Å². The van der Waals surface area contributed by atoms with Gasteiger partial charge in [-0.3, -0.25) is 4.90 Å². The molecule has 0 saturated carbocycles. The van der Waals surface area contributed by atoms with Gasteiger partial charge in [-0.1, -0.05) is 35.4 Å². The Labute approximate surface area is 77.6 Å². The maximum Gasteiger partial charge on any atom is 0.0296 e. The SMILES string of the molecule is CCCCN1CCC=C(Br)C1. The van der Waals surface area contributed by atoms with Gasteiger partial charge in [0.25, 0.3) is 0 Å². The zero-order chi connectivity index (χ0) is 8.10. The number of halogens is 1. The molecule has 1 rings (SSSR count). The van der Waals surface area contributed by atoms with Crippen molar-refractivity contribution in [2.24, 2.45) is 0 Å². The Morgan fingerprint density at radius 1 is 1.64 bits per heavy atom. The molecule has 2 heteroatoms. The maximum atomic E-state index is 3.54. The summed E-state index contributed by atoms with van der Waals surface area (Å²) in [5.74, 6) is 0. The first-order chi connectivity index (χ1) is 5.33. The van der Waals surface area contributed by atoms with Crippen LogP contribution in [0.2, 0.25) is 0 Å². The van der Waals surface area contributed by atoms with Gasteiger partial charge in [0.05, 0.1) is 0 Å². The van der Waals surface area contributed by atoms with Gasteiger partial charge < -0.3 is 0 Å². The van der Waals surface area contributed by atoms with Crippen LogP contribution in [0.4, 0.5) is 0 Å². The zero-order valence-corrected chi connectivity index (χ0v) is 8.73. The Balaban J connectivity index is 2.21. The monoisotopic (exact) mass is 217 g/mol. The van der Waals surface area contributed by atoms with Crippen molar-refractivity contribution in [3.05, 3.63) is 10.6 Å². The molecule has 11 heavy (non-hydrogen) atoms. The first-order valence-corrected chi connectivity index (χ1v) is 5.19. The summed E-state index contributed by atoms with van der Waals surface area (Å²) in [5, 5.41) is 0. The molecule has 64 valence electrons. The van der Waals surface area contributed by atoms with Crippen molar-refractivity contribution in [3.8, 4) is 0 Å². The Hall–Kier alpha value is 0.180. The van der Waals surface area contributed by atoms with Crippen LogP contribution in [0.5, 0.6) is 0 Å². The third-order valence-corrected chi connectivity index (χ3v) is 2.59. The van der Waals surface area contributed by atoms with Gasteiger partial charge >= 0.3 is 0 Å². The molecule has 0 N–H and O–H groups in total. The molecule has 0 unspecified atom stereocenters. The molecule has 0 bridgehead atoms. The summed E-state index contributed by atoms with van der Waals surface area (Å²) in [6.07, 6.45) is 6.13. The topological polar surface area (TPSA) is 3.24 Å². The normalized spacial score (nSPS) is 20.0. The lowest BCUT2D eigenvalue weighted by atomic mass is 10.2. The second-order valence-corrected chi connectivity index (χ2v) is 4.09.